The standard InChI is InChI=1S/C16H20N8O/c1-11-6-18-15(20-12-7-19-23(3)8-12)21-14(11)24-9-16(2,10-24)22-13(25)4-5-17/h6-8H,4,9-10H2,1-3H3,(H,22,25)(H,18,20,21). The third-order valence-corrected chi connectivity index (χ3v) is 3.97. The zero-order valence-corrected chi connectivity index (χ0v) is 14.4. The first-order valence-corrected chi connectivity index (χ1v) is 7.91. The van der Waals surface area contributed by atoms with Crippen LogP contribution in [0.25, 0.3) is 0 Å². The number of aryl methyl sites for hydroxylation is 2. The van der Waals surface area contributed by atoms with Crippen molar-refractivity contribution >= 4 is 23.4 Å². The molecule has 0 radical (unpaired) electrons. The van der Waals surface area contributed by atoms with Crippen molar-refractivity contribution in [3.05, 3.63) is 24.2 Å². The molecule has 3 heterocycles. The molecule has 1 saturated heterocycles. The molecule has 2 aromatic heterocycles. The fourth-order valence-corrected chi connectivity index (χ4v) is 2.91. The highest BCUT2D eigenvalue weighted by Gasteiger charge is 2.41. The first kappa shape index (κ1) is 16.7. The first-order chi connectivity index (χ1) is 11.9. The Kier molecular flexibility index (Phi) is 4.27. The van der Waals surface area contributed by atoms with E-state index in [4.69, 9.17) is 5.26 Å². The quantitative estimate of drug-likeness (QED) is 0.830. The molecule has 0 atom stereocenters. The van der Waals surface area contributed by atoms with Gasteiger partial charge in [0, 0.05) is 38.1 Å². The number of anilines is 3. The molecule has 0 bridgehead atoms. The number of rotatable bonds is 5. The minimum atomic E-state index is -0.345. The van der Waals surface area contributed by atoms with E-state index < -0.39 is 0 Å². The Balaban J connectivity index is 1.68. The van der Waals surface area contributed by atoms with Crippen molar-refractivity contribution < 1.29 is 4.79 Å². The van der Waals surface area contributed by atoms with E-state index in [1.54, 1.807) is 17.1 Å². The highest BCUT2D eigenvalue weighted by molar-refractivity contribution is 5.79. The molecule has 0 aliphatic carbocycles. The van der Waals surface area contributed by atoms with Crippen LogP contribution in [0.5, 0.6) is 0 Å². The lowest BCUT2D eigenvalue weighted by Crippen LogP contribution is -2.69. The Morgan fingerprint density at radius 2 is 2.20 bits per heavy atom. The predicted octanol–water partition coefficient (Wildman–Crippen LogP) is 0.871. The second kappa shape index (κ2) is 6.39. The average Bonchev–Trinajstić information content (AvgIpc) is 2.92. The van der Waals surface area contributed by atoms with Crippen LogP contribution in [0.15, 0.2) is 18.6 Å². The topological polar surface area (TPSA) is 112 Å². The van der Waals surface area contributed by atoms with Crippen LogP contribution in [-0.2, 0) is 11.8 Å². The van der Waals surface area contributed by atoms with Crippen LogP contribution in [0, 0.1) is 18.3 Å². The van der Waals surface area contributed by atoms with Crippen molar-refractivity contribution in [3.63, 3.8) is 0 Å². The summed E-state index contributed by atoms with van der Waals surface area (Å²) in [5.41, 5.74) is 1.43. The number of hydrogen-bond acceptors (Lipinski definition) is 7. The summed E-state index contributed by atoms with van der Waals surface area (Å²) in [7, 11) is 1.84. The first-order valence-electron chi connectivity index (χ1n) is 7.91. The maximum Gasteiger partial charge on any atom is 0.234 e. The molecule has 0 aromatic carbocycles. The molecule has 2 N–H and O–H groups in total. The van der Waals surface area contributed by atoms with Crippen molar-refractivity contribution in [1.82, 2.24) is 25.1 Å². The lowest BCUT2D eigenvalue weighted by Gasteiger charge is -2.49. The Bertz CT molecular complexity index is 831. The number of carbonyl (C=O) groups excluding carboxylic acids is 1. The Hall–Kier alpha value is -3.15. The summed E-state index contributed by atoms with van der Waals surface area (Å²) in [6, 6.07) is 1.86. The van der Waals surface area contributed by atoms with Crippen LogP contribution < -0.4 is 15.5 Å². The highest BCUT2D eigenvalue weighted by atomic mass is 16.1. The van der Waals surface area contributed by atoms with Gasteiger partial charge in [-0.15, -0.1) is 0 Å². The van der Waals surface area contributed by atoms with Gasteiger partial charge >= 0.3 is 0 Å². The zero-order valence-electron chi connectivity index (χ0n) is 14.4. The van der Waals surface area contributed by atoms with Crippen LogP contribution in [-0.4, -0.2) is 44.3 Å². The van der Waals surface area contributed by atoms with Crippen molar-refractivity contribution in [2.24, 2.45) is 7.05 Å². The summed E-state index contributed by atoms with van der Waals surface area (Å²) in [6.07, 6.45) is 5.19. The predicted molar refractivity (Wildman–Crippen MR) is 92.3 cm³/mol. The van der Waals surface area contributed by atoms with Gasteiger partial charge in [-0.1, -0.05) is 0 Å². The number of nitrogens with one attached hydrogen (secondary N) is 2. The second-order valence-electron chi connectivity index (χ2n) is 6.53. The van der Waals surface area contributed by atoms with E-state index in [0.717, 1.165) is 17.1 Å². The molecule has 1 amide bonds. The van der Waals surface area contributed by atoms with E-state index in [1.807, 2.05) is 33.2 Å². The number of hydrogen-bond donors (Lipinski definition) is 2. The van der Waals surface area contributed by atoms with E-state index in [9.17, 15) is 4.79 Å². The Morgan fingerprint density at radius 1 is 1.44 bits per heavy atom. The van der Waals surface area contributed by atoms with Crippen molar-refractivity contribution in [3.8, 4) is 6.07 Å². The molecule has 0 saturated carbocycles. The minimum Gasteiger partial charge on any atom is -0.351 e. The number of carbonyl (C=O) groups is 1. The summed E-state index contributed by atoms with van der Waals surface area (Å²) in [5, 5.41) is 18.7. The molecule has 25 heavy (non-hydrogen) atoms. The third-order valence-electron chi connectivity index (χ3n) is 3.97. The van der Waals surface area contributed by atoms with E-state index in [0.29, 0.717) is 19.0 Å². The zero-order chi connectivity index (χ0) is 18.0. The fourth-order valence-electron chi connectivity index (χ4n) is 2.91. The fraction of sp³-hybridized carbons (Fsp3) is 0.438. The summed E-state index contributed by atoms with van der Waals surface area (Å²) in [5.74, 6) is 1.08. The van der Waals surface area contributed by atoms with Crippen LogP contribution in [0.3, 0.4) is 0 Å². The smallest absolute Gasteiger partial charge is 0.234 e. The van der Waals surface area contributed by atoms with E-state index in [1.165, 1.54) is 0 Å². The van der Waals surface area contributed by atoms with Crippen LogP contribution in [0.4, 0.5) is 17.5 Å². The Morgan fingerprint density at radius 3 is 2.84 bits per heavy atom. The SMILES string of the molecule is Cc1cnc(Nc2cnn(C)c2)nc1N1CC(C)(NC(=O)CC#N)C1. The number of nitriles is 1. The largest absolute Gasteiger partial charge is 0.351 e. The molecule has 0 unspecified atom stereocenters. The molecular weight excluding hydrogens is 320 g/mol. The number of amides is 1. The number of aromatic nitrogens is 4. The lowest BCUT2D eigenvalue weighted by molar-refractivity contribution is -0.122. The molecule has 1 aliphatic rings. The maximum atomic E-state index is 11.6. The van der Waals surface area contributed by atoms with Gasteiger partial charge in [0.2, 0.25) is 11.9 Å². The van der Waals surface area contributed by atoms with Crippen molar-refractivity contribution in [2.45, 2.75) is 25.8 Å². The highest BCUT2D eigenvalue weighted by Crippen LogP contribution is 2.29. The molecule has 1 fully saturated rings. The monoisotopic (exact) mass is 340 g/mol. The van der Waals surface area contributed by atoms with Gasteiger partial charge in [0.15, 0.2) is 0 Å². The van der Waals surface area contributed by atoms with Crippen LogP contribution in [0.1, 0.15) is 18.9 Å². The number of nitrogens with zero attached hydrogens (tertiary/aromatic N) is 6. The van der Waals surface area contributed by atoms with Gasteiger partial charge in [0.25, 0.3) is 0 Å². The van der Waals surface area contributed by atoms with Gasteiger partial charge in [0.05, 0.1) is 23.5 Å². The van der Waals surface area contributed by atoms with Crippen molar-refractivity contribution in [1.29, 1.82) is 5.26 Å². The van der Waals surface area contributed by atoms with E-state index in [2.05, 4.69) is 30.6 Å². The molecule has 0 spiro atoms. The Labute approximate surface area is 145 Å². The van der Waals surface area contributed by atoms with Crippen LogP contribution >= 0.6 is 0 Å². The molecular formula is C16H20N8O. The van der Waals surface area contributed by atoms with Crippen LogP contribution in [0.2, 0.25) is 0 Å². The average molecular weight is 340 g/mol. The summed E-state index contributed by atoms with van der Waals surface area (Å²) in [4.78, 5) is 22.6. The maximum absolute atomic E-state index is 11.6. The second-order valence-corrected chi connectivity index (χ2v) is 6.53. The van der Waals surface area contributed by atoms with Gasteiger partial charge in [-0.05, 0) is 13.8 Å². The minimum absolute atomic E-state index is 0.124. The lowest BCUT2D eigenvalue weighted by atomic mass is 9.91. The van der Waals surface area contributed by atoms with Gasteiger partial charge < -0.3 is 15.5 Å². The van der Waals surface area contributed by atoms with Gasteiger partial charge in [-0.25, -0.2) is 4.98 Å². The van der Waals surface area contributed by atoms with E-state index in [-0.39, 0.29) is 17.9 Å². The normalized spacial score (nSPS) is 15.2. The van der Waals surface area contributed by atoms with Crippen molar-refractivity contribution in [2.75, 3.05) is 23.3 Å². The van der Waals surface area contributed by atoms with Gasteiger partial charge in [-0.3, -0.25) is 9.48 Å². The summed E-state index contributed by atoms with van der Waals surface area (Å²) < 4.78 is 1.70. The molecule has 130 valence electrons. The molecule has 3 rings (SSSR count). The molecule has 1 aliphatic heterocycles. The van der Waals surface area contributed by atoms with E-state index >= 15 is 0 Å². The van der Waals surface area contributed by atoms with Gasteiger partial charge in [-0.2, -0.15) is 15.3 Å². The molecule has 9 nitrogen and oxygen atoms in total. The molecule has 9 heteroatoms. The summed E-state index contributed by atoms with van der Waals surface area (Å²) in [6.45, 7) is 5.18. The van der Waals surface area contributed by atoms with Gasteiger partial charge in [0.1, 0.15) is 12.2 Å². The molecule has 2 aromatic rings. The summed E-state index contributed by atoms with van der Waals surface area (Å²) >= 11 is 0. The third kappa shape index (κ3) is 3.68.